The number of phenolic OH excluding ortho intramolecular Hbond substituents is 1. The Morgan fingerprint density at radius 2 is 1.53 bits per heavy atom. The summed E-state index contributed by atoms with van der Waals surface area (Å²) >= 11 is 14.7. The Hall–Kier alpha value is -4.54. The Morgan fingerprint density at radius 1 is 0.894 bits per heavy atom. The minimum absolute atomic E-state index is 0.0478. The van der Waals surface area contributed by atoms with Crippen LogP contribution in [0.15, 0.2) is 78.4 Å². The Morgan fingerprint density at radius 3 is 2.17 bits per heavy atom. The summed E-state index contributed by atoms with van der Waals surface area (Å²) in [6.45, 7) is 1.41. The number of hydrogen-bond donors (Lipinski definition) is 1. The number of imide groups is 2. The average molecular weight is 678 g/mol. The number of anilines is 2. The Bertz CT molecular complexity index is 1930. The smallest absolute Gasteiger partial charge is 0.258 e. The van der Waals surface area contributed by atoms with Crippen LogP contribution in [-0.4, -0.2) is 51.4 Å². The summed E-state index contributed by atoms with van der Waals surface area (Å²) in [4.78, 5) is 66.2. The van der Waals surface area contributed by atoms with Crippen LogP contribution < -0.4 is 14.5 Å². The Labute approximate surface area is 278 Å². The quantitative estimate of drug-likeness (QED) is 0.164. The predicted molar refractivity (Wildman–Crippen MR) is 170 cm³/mol. The molecule has 6 unspecified atom stereocenters. The second-order valence-corrected chi connectivity index (χ2v) is 13.5. The van der Waals surface area contributed by atoms with Crippen LogP contribution in [0.4, 0.5) is 15.8 Å². The van der Waals surface area contributed by atoms with Crippen molar-refractivity contribution in [3.8, 4) is 11.5 Å². The van der Waals surface area contributed by atoms with Crippen molar-refractivity contribution < 1.29 is 38.2 Å². The third kappa shape index (κ3) is 4.24. The van der Waals surface area contributed by atoms with Crippen molar-refractivity contribution in [3.05, 3.63) is 95.3 Å². The van der Waals surface area contributed by atoms with Crippen LogP contribution in [0.25, 0.3) is 0 Å². The molecule has 2 heterocycles. The minimum Gasteiger partial charge on any atom is -0.508 e. The zero-order valence-electron chi connectivity index (χ0n) is 25.1. The molecule has 6 atom stereocenters. The van der Waals surface area contributed by atoms with E-state index < -0.39 is 62.9 Å². The topological polar surface area (TPSA) is 121 Å². The number of hydrogen-bond acceptors (Lipinski definition) is 7. The van der Waals surface area contributed by atoms with Crippen LogP contribution in [0, 0.1) is 23.6 Å². The number of rotatable bonds is 5. The van der Waals surface area contributed by atoms with Gasteiger partial charge in [0.05, 0.1) is 30.3 Å². The summed E-state index contributed by atoms with van der Waals surface area (Å²) in [6, 6.07) is 15.2. The molecule has 9 nitrogen and oxygen atoms in total. The maximum absolute atomic E-state index is 14.4. The number of ketones is 1. The molecule has 47 heavy (non-hydrogen) atoms. The summed E-state index contributed by atoms with van der Waals surface area (Å²) < 4.78 is 19.3. The van der Waals surface area contributed by atoms with E-state index in [1.165, 1.54) is 68.6 Å². The van der Waals surface area contributed by atoms with Crippen LogP contribution in [0.3, 0.4) is 0 Å². The SMILES string of the molecule is COc1ccc(O)c(C2C3=CCC4C(=O)N(c5ccc(C(C)=O)cc5)C(=O)C4C3CC3(Cl)C(=O)N(c4ccc(F)cc4)C(=O)C23Cl)c1. The number of amides is 4. The zero-order valence-corrected chi connectivity index (χ0v) is 26.6. The number of halogens is 3. The monoisotopic (exact) mass is 676 g/mol. The highest BCUT2D eigenvalue weighted by atomic mass is 35.5. The lowest BCUT2D eigenvalue weighted by atomic mass is 9.56. The van der Waals surface area contributed by atoms with Gasteiger partial charge in [0.25, 0.3) is 11.8 Å². The summed E-state index contributed by atoms with van der Waals surface area (Å²) in [5.74, 6) is -7.22. The van der Waals surface area contributed by atoms with Gasteiger partial charge < -0.3 is 9.84 Å². The number of methoxy groups -OCH3 is 1. The van der Waals surface area contributed by atoms with E-state index >= 15 is 0 Å². The molecule has 3 aromatic rings. The molecule has 12 heteroatoms. The van der Waals surface area contributed by atoms with Crippen molar-refractivity contribution in [1.29, 1.82) is 0 Å². The normalized spacial score (nSPS) is 29.8. The number of benzene rings is 3. The number of phenols is 1. The van der Waals surface area contributed by atoms with E-state index in [2.05, 4.69) is 0 Å². The summed E-state index contributed by atoms with van der Waals surface area (Å²) in [5, 5.41) is 11.2. The molecule has 4 amide bonds. The Balaban J connectivity index is 1.39. The molecule has 0 bridgehead atoms. The number of carbonyl (C=O) groups is 5. The molecule has 0 aromatic heterocycles. The first-order chi connectivity index (χ1) is 22.3. The lowest BCUT2D eigenvalue weighted by Gasteiger charge is -2.50. The van der Waals surface area contributed by atoms with Gasteiger partial charge in [0.15, 0.2) is 15.5 Å². The number of allylic oxidation sites excluding steroid dienone is 2. The van der Waals surface area contributed by atoms with Crippen LogP contribution in [0.5, 0.6) is 11.5 Å². The van der Waals surface area contributed by atoms with E-state index in [4.69, 9.17) is 27.9 Å². The fraction of sp³-hybridized carbons (Fsp3) is 0.286. The van der Waals surface area contributed by atoms with E-state index in [9.17, 15) is 33.5 Å². The molecule has 7 rings (SSSR count). The molecular formula is C35H27Cl2FN2O7. The summed E-state index contributed by atoms with van der Waals surface area (Å²) in [7, 11) is 1.42. The van der Waals surface area contributed by atoms with Gasteiger partial charge in [0.1, 0.15) is 17.3 Å². The van der Waals surface area contributed by atoms with Crippen molar-refractivity contribution in [2.24, 2.45) is 17.8 Å². The Kier molecular flexibility index (Phi) is 7.11. The van der Waals surface area contributed by atoms with Crippen molar-refractivity contribution in [2.45, 2.75) is 35.4 Å². The molecule has 4 aliphatic rings. The van der Waals surface area contributed by atoms with Gasteiger partial charge in [-0.05, 0) is 92.4 Å². The third-order valence-corrected chi connectivity index (χ3v) is 11.4. The number of alkyl halides is 2. The van der Waals surface area contributed by atoms with E-state index in [0.29, 0.717) is 22.6 Å². The van der Waals surface area contributed by atoms with Crippen LogP contribution in [-0.2, 0) is 19.2 Å². The van der Waals surface area contributed by atoms with Crippen molar-refractivity contribution in [2.75, 3.05) is 16.9 Å². The number of Topliss-reactive ketones (excluding diaryl/α,β-unsaturated/α-hetero) is 1. The highest BCUT2D eigenvalue weighted by molar-refractivity contribution is 6.58. The fourth-order valence-corrected chi connectivity index (χ4v) is 8.66. The molecule has 3 aromatic carbocycles. The van der Waals surface area contributed by atoms with Gasteiger partial charge in [0.2, 0.25) is 11.8 Å². The maximum Gasteiger partial charge on any atom is 0.258 e. The summed E-state index contributed by atoms with van der Waals surface area (Å²) in [5.41, 5.74) is 1.39. The first-order valence-corrected chi connectivity index (χ1v) is 15.7. The molecule has 1 saturated carbocycles. The molecular weight excluding hydrogens is 650 g/mol. The highest BCUT2D eigenvalue weighted by Crippen LogP contribution is 2.66. The number of nitrogens with zero attached hydrogens (tertiary/aromatic N) is 2. The highest BCUT2D eigenvalue weighted by Gasteiger charge is 2.77. The van der Waals surface area contributed by atoms with E-state index in [1.807, 2.05) is 0 Å². The second-order valence-electron chi connectivity index (χ2n) is 12.3. The molecule has 2 aliphatic carbocycles. The molecule has 0 radical (unpaired) electrons. The molecule has 1 N–H and O–H groups in total. The first-order valence-electron chi connectivity index (χ1n) is 14.9. The lowest BCUT2D eigenvalue weighted by molar-refractivity contribution is -0.125. The molecule has 240 valence electrons. The number of fused-ring (bicyclic) bond motifs is 4. The van der Waals surface area contributed by atoms with Gasteiger partial charge in [-0.1, -0.05) is 11.6 Å². The van der Waals surface area contributed by atoms with Gasteiger partial charge in [-0.2, -0.15) is 0 Å². The van der Waals surface area contributed by atoms with Gasteiger partial charge >= 0.3 is 0 Å². The number of aromatic hydroxyl groups is 1. The molecule has 0 spiro atoms. The molecule has 2 aliphatic heterocycles. The van der Waals surface area contributed by atoms with Crippen molar-refractivity contribution in [1.82, 2.24) is 0 Å². The zero-order chi connectivity index (χ0) is 33.6. The van der Waals surface area contributed by atoms with Crippen LogP contribution in [0.1, 0.15) is 41.6 Å². The second kappa shape index (κ2) is 10.7. The first kappa shape index (κ1) is 31.1. The molecule has 3 fully saturated rings. The average Bonchev–Trinajstić information content (AvgIpc) is 3.39. The van der Waals surface area contributed by atoms with Gasteiger partial charge in [0, 0.05) is 17.0 Å². The van der Waals surface area contributed by atoms with Gasteiger partial charge in [-0.25, -0.2) is 9.29 Å². The van der Waals surface area contributed by atoms with E-state index in [1.54, 1.807) is 6.08 Å². The van der Waals surface area contributed by atoms with Crippen LogP contribution >= 0.6 is 23.2 Å². The predicted octanol–water partition coefficient (Wildman–Crippen LogP) is 5.51. The minimum atomic E-state index is -2.20. The van der Waals surface area contributed by atoms with Gasteiger partial charge in [-0.3, -0.25) is 28.9 Å². The van der Waals surface area contributed by atoms with Gasteiger partial charge in [-0.15, -0.1) is 23.2 Å². The van der Waals surface area contributed by atoms with E-state index in [0.717, 1.165) is 21.9 Å². The number of carbonyl (C=O) groups excluding carboxylic acids is 5. The lowest BCUT2D eigenvalue weighted by Crippen LogP contribution is -2.60. The largest absolute Gasteiger partial charge is 0.508 e. The van der Waals surface area contributed by atoms with Crippen LogP contribution in [0.2, 0.25) is 0 Å². The fourth-order valence-electron chi connectivity index (χ4n) is 7.73. The summed E-state index contributed by atoms with van der Waals surface area (Å²) in [6.07, 6.45) is 1.60. The van der Waals surface area contributed by atoms with Crippen molar-refractivity contribution in [3.63, 3.8) is 0 Å². The van der Waals surface area contributed by atoms with E-state index in [-0.39, 0.29) is 35.6 Å². The maximum atomic E-state index is 14.4. The van der Waals surface area contributed by atoms with Crippen molar-refractivity contribution >= 4 is 64.0 Å². The standard InChI is InChI=1S/C35H27Cl2FN2O7/c1-17(41)18-3-7-20(8-4-18)39-30(43)24-13-12-23-26(28(24)31(39)44)16-34(36)32(45)40(21-9-5-19(38)6-10-21)33(46)35(34,37)29(23)25-15-22(47-2)11-14-27(25)42/h3-12,14-15,24,26,28-29,42H,13,16H2,1-2H3. The third-order valence-electron chi connectivity index (χ3n) is 9.97. The number of ether oxygens (including phenoxy) is 1. The molecule has 2 saturated heterocycles.